The summed E-state index contributed by atoms with van der Waals surface area (Å²) < 4.78 is 15.8. The zero-order valence-electron chi connectivity index (χ0n) is 16.6. The number of hydrogen-bond acceptors (Lipinski definition) is 5. The minimum Gasteiger partial charge on any atom is -0.490 e. The van der Waals surface area contributed by atoms with Gasteiger partial charge in [0.25, 0.3) is 0 Å². The fourth-order valence-corrected chi connectivity index (χ4v) is 2.52. The highest BCUT2D eigenvalue weighted by atomic mass is 16.5. The number of methoxy groups -OCH3 is 1. The van der Waals surface area contributed by atoms with Gasteiger partial charge < -0.3 is 19.5 Å². The van der Waals surface area contributed by atoms with E-state index in [0.29, 0.717) is 36.0 Å². The van der Waals surface area contributed by atoms with Crippen LogP contribution >= 0.6 is 0 Å². The molecule has 1 amide bonds. The minimum atomic E-state index is -0.455. The maximum Gasteiger partial charge on any atom is 0.337 e. The molecule has 6 nitrogen and oxygen atoms in total. The lowest BCUT2D eigenvalue weighted by atomic mass is 10.1. The molecule has 1 N–H and O–H groups in total. The average Bonchev–Trinajstić information content (AvgIpc) is 2.69. The maximum absolute atomic E-state index is 12.3. The predicted molar refractivity (Wildman–Crippen MR) is 109 cm³/mol. The molecular weight excluding hydrogens is 358 g/mol. The fourth-order valence-electron chi connectivity index (χ4n) is 2.52. The van der Waals surface area contributed by atoms with Gasteiger partial charge in [-0.2, -0.15) is 0 Å². The molecule has 0 atom stereocenters. The number of esters is 1. The zero-order chi connectivity index (χ0) is 20.5. The Morgan fingerprint density at radius 1 is 1.00 bits per heavy atom. The second-order valence-corrected chi connectivity index (χ2v) is 5.92. The van der Waals surface area contributed by atoms with Crippen LogP contribution < -0.4 is 14.8 Å². The second kappa shape index (κ2) is 10.2. The molecule has 0 aliphatic carbocycles. The van der Waals surface area contributed by atoms with E-state index >= 15 is 0 Å². The highest BCUT2D eigenvalue weighted by molar-refractivity contribution is 6.03. The predicted octanol–water partition coefficient (Wildman–Crippen LogP) is 4.23. The Morgan fingerprint density at radius 3 is 2.39 bits per heavy atom. The summed E-state index contributed by atoms with van der Waals surface area (Å²) in [6, 6.07) is 10.5. The molecule has 148 valence electrons. The molecule has 0 radical (unpaired) electrons. The van der Waals surface area contributed by atoms with Crippen molar-refractivity contribution >= 4 is 23.6 Å². The van der Waals surface area contributed by atoms with E-state index in [9.17, 15) is 9.59 Å². The molecule has 0 saturated heterocycles. The molecule has 0 aliphatic heterocycles. The summed E-state index contributed by atoms with van der Waals surface area (Å²) in [6.45, 7) is 6.72. The van der Waals surface area contributed by atoms with Gasteiger partial charge in [-0.15, -0.1) is 0 Å². The van der Waals surface area contributed by atoms with E-state index in [2.05, 4.69) is 5.32 Å². The van der Waals surface area contributed by atoms with Gasteiger partial charge in [0.1, 0.15) is 0 Å². The van der Waals surface area contributed by atoms with Crippen LogP contribution in [0.5, 0.6) is 11.5 Å². The number of amides is 1. The first kappa shape index (κ1) is 21.0. The summed E-state index contributed by atoms with van der Waals surface area (Å²) in [5.74, 6) is 0.538. The summed E-state index contributed by atoms with van der Waals surface area (Å²) in [7, 11) is 1.32. The molecule has 0 saturated carbocycles. The van der Waals surface area contributed by atoms with Crippen molar-refractivity contribution in [2.75, 3.05) is 25.6 Å². The monoisotopic (exact) mass is 383 g/mol. The van der Waals surface area contributed by atoms with E-state index in [1.807, 2.05) is 39.0 Å². The average molecular weight is 383 g/mol. The quantitative estimate of drug-likeness (QED) is 0.545. The van der Waals surface area contributed by atoms with Crippen molar-refractivity contribution in [3.63, 3.8) is 0 Å². The Labute approximate surface area is 165 Å². The van der Waals surface area contributed by atoms with Crippen molar-refractivity contribution in [1.29, 1.82) is 0 Å². The summed E-state index contributed by atoms with van der Waals surface area (Å²) in [4.78, 5) is 24.0. The van der Waals surface area contributed by atoms with Crippen molar-refractivity contribution in [1.82, 2.24) is 0 Å². The first-order valence-corrected chi connectivity index (χ1v) is 9.06. The third kappa shape index (κ3) is 5.61. The van der Waals surface area contributed by atoms with Crippen molar-refractivity contribution in [2.24, 2.45) is 0 Å². The molecule has 0 aliphatic rings. The number of carbonyl (C=O) groups excluding carboxylic acids is 2. The first-order chi connectivity index (χ1) is 13.5. The maximum atomic E-state index is 12.3. The van der Waals surface area contributed by atoms with Crippen LogP contribution in [0.15, 0.2) is 42.5 Å². The lowest BCUT2D eigenvalue weighted by molar-refractivity contribution is -0.111. The van der Waals surface area contributed by atoms with Crippen LogP contribution in [0.2, 0.25) is 0 Å². The minimum absolute atomic E-state index is 0.308. The van der Waals surface area contributed by atoms with Gasteiger partial charge in [0.2, 0.25) is 5.91 Å². The molecule has 0 fully saturated rings. The summed E-state index contributed by atoms with van der Waals surface area (Å²) in [5.41, 5.74) is 2.58. The molecule has 0 aromatic heterocycles. The highest BCUT2D eigenvalue weighted by Crippen LogP contribution is 2.29. The number of hydrogen-bond donors (Lipinski definition) is 1. The van der Waals surface area contributed by atoms with E-state index in [0.717, 1.165) is 11.1 Å². The zero-order valence-corrected chi connectivity index (χ0v) is 16.6. The Kier molecular flexibility index (Phi) is 7.63. The van der Waals surface area contributed by atoms with E-state index in [4.69, 9.17) is 14.2 Å². The Balaban J connectivity index is 2.13. The molecule has 0 spiro atoms. The van der Waals surface area contributed by atoms with Crippen LogP contribution in [0.25, 0.3) is 6.08 Å². The standard InChI is InChI=1S/C22H25NO5/c1-5-27-19-11-8-16(13-20(19)28-6-2)9-12-21(24)23-18-14-17(22(25)26-4)10-7-15(18)3/h7-14H,5-6H2,1-4H3,(H,23,24)/b12-9+. The van der Waals surface area contributed by atoms with Gasteiger partial charge in [0.05, 0.1) is 25.9 Å². The normalized spacial score (nSPS) is 10.6. The van der Waals surface area contributed by atoms with Gasteiger partial charge in [-0.1, -0.05) is 12.1 Å². The fraction of sp³-hybridized carbons (Fsp3) is 0.273. The third-order valence-electron chi connectivity index (χ3n) is 3.91. The van der Waals surface area contributed by atoms with E-state index < -0.39 is 5.97 Å². The summed E-state index contributed by atoms with van der Waals surface area (Å²) in [5, 5.41) is 2.78. The largest absolute Gasteiger partial charge is 0.490 e. The number of anilines is 1. The summed E-state index contributed by atoms with van der Waals surface area (Å²) in [6.07, 6.45) is 3.11. The van der Waals surface area contributed by atoms with Crippen molar-refractivity contribution in [2.45, 2.75) is 20.8 Å². The van der Waals surface area contributed by atoms with Crippen molar-refractivity contribution in [3.05, 3.63) is 59.2 Å². The lowest BCUT2D eigenvalue weighted by Crippen LogP contribution is -2.10. The van der Waals surface area contributed by atoms with Gasteiger partial charge in [0, 0.05) is 11.8 Å². The second-order valence-electron chi connectivity index (χ2n) is 5.92. The number of carbonyl (C=O) groups is 2. The SMILES string of the molecule is CCOc1ccc(/C=C/C(=O)Nc2cc(C(=O)OC)ccc2C)cc1OCC. The van der Waals surface area contributed by atoms with Crippen molar-refractivity contribution in [3.8, 4) is 11.5 Å². The molecular formula is C22H25NO5. The molecule has 6 heteroatoms. The molecule has 0 heterocycles. The molecule has 2 rings (SSSR count). The first-order valence-electron chi connectivity index (χ1n) is 9.06. The lowest BCUT2D eigenvalue weighted by Gasteiger charge is -2.11. The van der Waals surface area contributed by atoms with E-state index in [1.54, 1.807) is 24.3 Å². The Hall–Kier alpha value is -3.28. The number of rotatable bonds is 8. The number of ether oxygens (including phenoxy) is 3. The topological polar surface area (TPSA) is 73.9 Å². The van der Waals surface area contributed by atoms with Gasteiger partial charge in [0.15, 0.2) is 11.5 Å². The van der Waals surface area contributed by atoms with Gasteiger partial charge in [-0.25, -0.2) is 4.79 Å². The third-order valence-corrected chi connectivity index (χ3v) is 3.91. The van der Waals surface area contributed by atoms with E-state index in [-0.39, 0.29) is 5.91 Å². The van der Waals surface area contributed by atoms with Crippen LogP contribution in [0.4, 0.5) is 5.69 Å². The Morgan fingerprint density at radius 2 is 1.71 bits per heavy atom. The van der Waals surface area contributed by atoms with Gasteiger partial charge >= 0.3 is 5.97 Å². The van der Waals surface area contributed by atoms with Crippen LogP contribution in [-0.2, 0) is 9.53 Å². The molecule has 0 unspecified atom stereocenters. The Bertz CT molecular complexity index is 873. The summed E-state index contributed by atoms with van der Waals surface area (Å²) >= 11 is 0. The van der Waals surface area contributed by atoms with Gasteiger partial charge in [-0.05, 0) is 62.2 Å². The van der Waals surface area contributed by atoms with Crippen LogP contribution in [0.3, 0.4) is 0 Å². The molecule has 0 bridgehead atoms. The van der Waals surface area contributed by atoms with Crippen molar-refractivity contribution < 1.29 is 23.8 Å². The van der Waals surface area contributed by atoms with Crippen LogP contribution in [0, 0.1) is 6.92 Å². The highest BCUT2D eigenvalue weighted by Gasteiger charge is 2.09. The number of benzene rings is 2. The number of nitrogens with one attached hydrogen (secondary N) is 1. The van der Waals surface area contributed by atoms with Crippen LogP contribution in [-0.4, -0.2) is 32.2 Å². The van der Waals surface area contributed by atoms with E-state index in [1.165, 1.54) is 13.2 Å². The van der Waals surface area contributed by atoms with Crippen LogP contribution in [0.1, 0.15) is 35.3 Å². The van der Waals surface area contributed by atoms with Gasteiger partial charge in [-0.3, -0.25) is 4.79 Å². The molecule has 2 aromatic carbocycles. The smallest absolute Gasteiger partial charge is 0.337 e. The number of aryl methyl sites for hydroxylation is 1. The molecule has 2 aromatic rings. The molecule has 28 heavy (non-hydrogen) atoms.